The molecule has 0 aliphatic heterocycles. The Labute approximate surface area is 123 Å². The molecule has 0 radical (unpaired) electrons. The Bertz CT molecular complexity index is 389. The molecule has 1 heterocycles. The van der Waals surface area contributed by atoms with Crippen molar-refractivity contribution in [1.82, 2.24) is 15.2 Å². The Kier molecular flexibility index (Phi) is 7.55. The van der Waals surface area contributed by atoms with Crippen molar-refractivity contribution in [2.24, 2.45) is 0 Å². The number of aryl methyl sites for hydroxylation is 1. The second kappa shape index (κ2) is 8.93. The molecule has 0 amide bonds. The molecule has 0 unspecified atom stereocenters. The number of ether oxygens (including phenoxy) is 1. The monoisotopic (exact) mass is 279 g/mol. The third-order valence-electron chi connectivity index (χ3n) is 3.26. The molecule has 4 nitrogen and oxygen atoms in total. The summed E-state index contributed by atoms with van der Waals surface area (Å²) in [5, 5.41) is 3.42. The summed E-state index contributed by atoms with van der Waals surface area (Å²) in [4.78, 5) is 6.79. The minimum Gasteiger partial charge on any atom is -0.476 e. The summed E-state index contributed by atoms with van der Waals surface area (Å²) in [6.45, 7) is 15.3. The summed E-state index contributed by atoms with van der Waals surface area (Å²) in [7, 11) is 0. The summed E-state index contributed by atoms with van der Waals surface area (Å²) in [6.07, 6.45) is 0. The maximum Gasteiger partial charge on any atom is 0.213 e. The van der Waals surface area contributed by atoms with Gasteiger partial charge in [0.15, 0.2) is 0 Å². The van der Waals surface area contributed by atoms with Crippen LogP contribution in [0.5, 0.6) is 5.88 Å². The second-order valence-electron chi connectivity index (χ2n) is 5.37. The van der Waals surface area contributed by atoms with Gasteiger partial charge in [-0.15, -0.1) is 0 Å². The lowest BCUT2D eigenvalue weighted by atomic mass is 10.2. The van der Waals surface area contributed by atoms with Crippen LogP contribution in [-0.4, -0.2) is 42.2 Å². The van der Waals surface area contributed by atoms with Gasteiger partial charge in [-0.3, -0.25) is 0 Å². The number of nitrogens with one attached hydrogen (secondary N) is 1. The fourth-order valence-corrected chi connectivity index (χ4v) is 2.02. The van der Waals surface area contributed by atoms with E-state index in [9.17, 15) is 0 Å². The van der Waals surface area contributed by atoms with Crippen LogP contribution in [0.3, 0.4) is 0 Å². The Hall–Kier alpha value is -1.13. The molecule has 114 valence electrons. The van der Waals surface area contributed by atoms with E-state index in [0.717, 1.165) is 37.8 Å². The highest BCUT2D eigenvalue weighted by Gasteiger charge is 2.04. The zero-order chi connectivity index (χ0) is 15.0. The Balaban J connectivity index is 2.52. The molecule has 1 aromatic heterocycles. The van der Waals surface area contributed by atoms with Crippen LogP contribution in [0, 0.1) is 6.92 Å². The molecule has 1 N–H and O–H groups in total. The first kappa shape index (κ1) is 16.9. The quantitative estimate of drug-likeness (QED) is 0.754. The molecule has 1 aromatic rings. The van der Waals surface area contributed by atoms with Crippen molar-refractivity contribution in [1.29, 1.82) is 0 Å². The van der Waals surface area contributed by atoms with Gasteiger partial charge in [0.1, 0.15) is 6.61 Å². The van der Waals surface area contributed by atoms with E-state index in [1.165, 1.54) is 5.56 Å². The van der Waals surface area contributed by atoms with Gasteiger partial charge in [0.05, 0.1) is 0 Å². The molecule has 0 spiro atoms. The second-order valence-corrected chi connectivity index (χ2v) is 5.37. The fourth-order valence-electron chi connectivity index (χ4n) is 2.02. The van der Waals surface area contributed by atoms with E-state index in [1.807, 2.05) is 13.0 Å². The van der Waals surface area contributed by atoms with Crippen LogP contribution in [0.2, 0.25) is 0 Å². The summed E-state index contributed by atoms with van der Waals surface area (Å²) in [6, 6.07) is 4.62. The molecule has 0 saturated heterocycles. The number of aromatic nitrogens is 1. The SMILES string of the molecule is CCN(CC)CCOc1cc(CNC(C)C)cc(C)n1. The number of pyridine rings is 1. The zero-order valence-electron chi connectivity index (χ0n) is 13.6. The van der Waals surface area contributed by atoms with Gasteiger partial charge in [-0.1, -0.05) is 27.7 Å². The molecule has 4 heteroatoms. The molecule has 0 aromatic carbocycles. The molecule has 0 saturated carbocycles. The van der Waals surface area contributed by atoms with Gasteiger partial charge in [-0.2, -0.15) is 0 Å². The van der Waals surface area contributed by atoms with E-state index in [2.05, 4.69) is 49.0 Å². The van der Waals surface area contributed by atoms with Gasteiger partial charge in [0, 0.05) is 30.9 Å². The molecular weight excluding hydrogens is 250 g/mol. The van der Waals surface area contributed by atoms with Crippen molar-refractivity contribution < 1.29 is 4.74 Å². The zero-order valence-corrected chi connectivity index (χ0v) is 13.6. The highest BCUT2D eigenvalue weighted by atomic mass is 16.5. The third-order valence-corrected chi connectivity index (χ3v) is 3.26. The van der Waals surface area contributed by atoms with Crippen molar-refractivity contribution in [2.75, 3.05) is 26.2 Å². The Morgan fingerprint density at radius 3 is 2.55 bits per heavy atom. The molecule has 20 heavy (non-hydrogen) atoms. The normalized spacial score (nSPS) is 11.3. The highest BCUT2D eigenvalue weighted by molar-refractivity contribution is 5.24. The van der Waals surface area contributed by atoms with Gasteiger partial charge >= 0.3 is 0 Å². The number of hydrogen-bond donors (Lipinski definition) is 1. The van der Waals surface area contributed by atoms with Crippen LogP contribution in [0.15, 0.2) is 12.1 Å². The number of likely N-dealkylation sites (N-methyl/N-ethyl adjacent to an activating group) is 1. The topological polar surface area (TPSA) is 37.4 Å². The third kappa shape index (κ3) is 6.35. The molecule has 1 rings (SSSR count). The van der Waals surface area contributed by atoms with Crippen LogP contribution in [0.1, 0.15) is 39.0 Å². The van der Waals surface area contributed by atoms with E-state index in [1.54, 1.807) is 0 Å². The van der Waals surface area contributed by atoms with Crippen LogP contribution in [0.4, 0.5) is 0 Å². The Morgan fingerprint density at radius 2 is 1.95 bits per heavy atom. The molecule has 0 aliphatic carbocycles. The molecule has 0 bridgehead atoms. The maximum absolute atomic E-state index is 5.79. The van der Waals surface area contributed by atoms with E-state index in [0.29, 0.717) is 12.6 Å². The van der Waals surface area contributed by atoms with Gasteiger partial charge in [0.25, 0.3) is 0 Å². The van der Waals surface area contributed by atoms with Crippen molar-refractivity contribution in [3.05, 3.63) is 23.4 Å². The summed E-state index contributed by atoms with van der Waals surface area (Å²) < 4.78 is 5.79. The largest absolute Gasteiger partial charge is 0.476 e. The highest BCUT2D eigenvalue weighted by Crippen LogP contribution is 2.12. The number of rotatable bonds is 9. The predicted octanol–water partition coefficient (Wildman–Crippen LogP) is 2.61. The summed E-state index contributed by atoms with van der Waals surface area (Å²) in [5.74, 6) is 0.734. The molecule has 0 fully saturated rings. The standard InChI is InChI=1S/C16H29N3O/c1-6-19(7-2)8-9-20-16-11-15(10-14(5)18-16)12-17-13(3)4/h10-11,13,17H,6-9,12H2,1-5H3. The number of hydrogen-bond acceptors (Lipinski definition) is 4. The minimum absolute atomic E-state index is 0.482. The summed E-state index contributed by atoms with van der Waals surface area (Å²) in [5.41, 5.74) is 2.23. The van der Waals surface area contributed by atoms with Gasteiger partial charge in [-0.25, -0.2) is 4.98 Å². The van der Waals surface area contributed by atoms with Gasteiger partial charge in [-0.05, 0) is 31.6 Å². The lowest BCUT2D eigenvalue weighted by Gasteiger charge is -2.18. The Morgan fingerprint density at radius 1 is 1.25 bits per heavy atom. The predicted molar refractivity (Wildman–Crippen MR) is 84.2 cm³/mol. The minimum atomic E-state index is 0.482. The lowest BCUT2D eigenvalue weighted by molar-refractivity contribution is 0.217. The first-order valence-electron chi connectivity index (χ1n) is 7.61. The molecular formula is C16H29N3O. The van der Waals surface area contributed by atoms with Crippen LogP contribution < -0.4 is 10.1 Å². The van der Waals surface area contributed by atoms with Crippen molar-refractivity contribution >= 4 is 0 Å². The van der Waals surface area contributed by atoms with E-state index in [-0.39, 0.29) is 0 Å². The number of nitrogens with zero attached hydrogens (tertiary/aromatic N) is 2. The van der Waals surface area contributed by atoms with E-state index in [4.69, 9.17) is 4.74 Å². The summed E-state index contributed by atoms with van der Waals surface area (Å²) >= 11 is 0. The first-order valence-corrected chi connectivity index (χ1v) is 7.61. The average molecular weight is 279 g/mol. The van der Waals surface area contributed by atoms with Crippen molar-refractivity contribution in [3.8, 4) is 5.88 Å². The average Bonchev–Trinajstić information content (AvgIpc) is 2.41. The van der Waals surface area contributed by atoms with E-state index >= 15 is 0 Å². The van der Waals surface area contributed by atoms with Crippen LogP contribution >= 0.6 is 0 Å². The van der Waals surface area contributed by atoms with E-state index < -0.39 is 0 Å². The van der Waals surface area contributed by atoms with Crippen LogP contribution in [-0.2, 0) is 6.54 Å². The molecule has 0 aliphatic rings. The fraction of sp³-hybridized carbons (Fsp3) is 0.688. The maximum atomic E-state index is 5.79. The van der Waals surface area contributed by atoms with Crippen molar-refractivity contribution in [3.63, 3.8) is 0 Å². The van der Waals surface area contributed by atoms with Gasteiger partial charge in [0.2, 0.25) is 5.88 Å². The lowest BCUT2D eigenvalue weighted by Crippen LogP contribution is -2.28. The molecule has 0 atom stereocenters. The smallest absolute Gasteiger partial charge is 0.213 e. The van der Waals surface area contributed by atoms with Crippen LogP contribution in [0.25, 0.3) is 0 Å². The van der Waals surface area contributed by atoms with Gasteiger partial charge < -0.3 is 15.0 Å². The first-order chi connectivity index (χ1) is 9.55. The van der Waals surface area contributed by atoms with Crippen molar-refractivity contribution in [2.45, 2.75) is 47.2 Å².